The number of piperidine rings is 1. The van der Waals surface area contributed by atoms with Crippen molar-refractivity contribution in [2.24, 2.45) is 5.92 Å². The van der Waals surface area contributed by atoms with E-state index in [2.05, 4.69) is 54.4 Å². The molecule has 1 aromatic heterocycles. The lowest BCUT2D eigenvalue weighted by atomic mass is 9.73. The van der Waals surface area contributed by atoms with E-state index in [-0.39, 0.29) is 0 Å². The number of hydrogen-bond acceptors (Lipinski definition) is 1. The van der Waals surface area contributed by atoms with E-state index in [0.29, 0.717) is 12.0 Å². The summed E-state index contributed by atoms with van der Waals surface area (Å²) in [6, 6.07) is 7.55. The van der Waals surface area contributed by atoms with Crippen molar-refractivity contribution in [3.05, 3.63) is 48.2 Å². The third-order valence-corrected chi connectivity index (χ3v) is 5.46. The van der Waals surface area contributed by atoms with Crippen LogP contribution in [0.4, 0.5) is 0 Å². The lowest BCUT2D eigenvalue weighted by Gasteiger charge is -2.44. The maximum Gasteiger partial charge on any atom is 0.0489 e. The van der Waals surface area contributed by atoms with Gasteiger partial charge in [0.15, 0.2) is 0 Å². The lowest BCUT2D eigenvalue weighted by molar-refractivity contribution is 0.119. The molecule has 1 fully saturated rings. The third kappa shape index (κ3) is 1.89. The molecule has 0 N–H and O–H groups in total. The molecule has 1 saturated heterocycles. The summed E-state index contributed by atoms with van der Waals surface area (Å²) < 4.78 is 2.36. The molecule has 4 rings (SSSR count). The van der Waals surface area contributed by atoms with E-state index in [1.807, 2.05) is 6.08 Å². The number of allylic oxidation sites excluding steroid dienone is 1. The summed E-state index contributed by atoms with van der Waals surface area (Å²) in [4.78, 5) is 2.59. The maximum absolute atomic E-state index is 3.90. The molecule has 2 aromatic rings. The predicted octanol–water partition coefficient (Wildman–Crippen LogP) is 3.81. The van der Waals surface area contributed by atoms with Crippen LogP contribution in [0.1, 0.15) is 30.4 Å². The van der Waals surface area contributed by atoms with Gasteiger partial charge in [0, 0.05) is 42.1 Å². The van der Waals surface area contributed by atoms with Crippen LogP contribution < -0.4 is 0 Å². The first-order valence-electron chi connectivity index (χ1n) is 8.10. The number of rotatable bonds is 2. The average molecular weight is 280 g/mol. The number of aromatic nitrogens is 1. The van der Waals surface area contributed by atoms with Crippen LogP contribution in [-0.4, -0.2) is 29.1 Å². The summed E-state index contributed by atoms with van der Waals surface area (Å²) in [6.45, 7) is 8.44. The fourth-order valence-electron chi connectivity index (χ4n) is 4.68. The first kappa shape index (κ1) is 13.1. The quantitative estimate of drug-likeness (QED) is 0.760. The van der Waals surface area contributed by atoms with Gasteiger partial charge in [-0.1, -0.05) is 25.1 Å². The van der Waals surface area contributed by atoms with Gasteiger partial charge in [-0.2, -0.15) is 0 Å². The predicted molar refractivity (Wildman–Crippen MR) is 88.8 cm³/mol. The summed E-state index contributed by atoms with van der Waals surface area (Å²) in [5.74, 6) is 1.50. The van der Waals surface area contributed by atoms with Crippen LogP contribution in [0.5, 0.6) is 0 Å². The second-order valence-corrected chi connectivity index (χ2v) is 7.00. The summed E-state index contributed by atoms with van der Waals surface area (Å²) in [6.07, 6.45) is 6.89. The number of hydrogen-bond donors (Lipinski definition) is 0. The van der Waals surface area contributed by atoms with E-state index in [1.54, 1.807) is 5.56 Å². The van der Waals surface area contributed by atoms with Crippen LogP contribution >= 0.6 is 0 Å². The number of fused-ring (bicyclic) bond motifs is 2. The van der Waals surface area contributed by atoms with E-state index in [1.165, 1.54) is 35.9 Å². The fourth-order valence-corrected chi connectivity index (χ4v) is 4.68. The van der Waals surface area contributed by atoms with Crippen LogP contribution in [0, 0.1) is 5.92 Å². The first-order valence-corrected chi connectivity index (χ1v) is 8.10. The van der Waals surface area contributed by atoms with Gasteiger partial charge in [0.2, 0.25) is 0 Å². The van der Waals surface area contributed by atoms with E-state index >= 15 is 0 Å². The zero-order valence-corrected chi connectivity index (χ0v) is 13.0. The third-order valence-electron chi connectivity index (χ3n) is 5.46. The van der Waals surface area contributed by atoms with Gasteiger partial charge in [-0.25, -0.2) is 0 Å². The van der Waals surface area contributed by atoms with E-state index in [4.69, 9.17) is 0 Å². The minimum Gasteiger partial charge on any atom is -0.343 e. The first-order chi connectivity index (χ1) is 10.2. The fraction of sp³-hybridized carbons (Fsp3) is 0.474. The van der Waals surface area contributed by atoms with E-state index in [0.717, 1.165) is 12.5 Å². The highest BCUT2D eigenvalue weighted by molar-refractivity contribution is 5.89. The smallest absolute Gasteiger partial charge is 0.0489 e. The Morgan fingerprint density at radius 3 is 3.05 bits per heavy atom. The molecule has 1 aliphatic carbocycles. The Morgan fingerprint density at radius 2 is 2.24 bits per heavy atom. The zero-order valence-electron chi connectivity index (χ0n) is 13.0. The van der Waals surface area contributed by atoms with Crippen molar-refractivity contribution >= 4 is 10.9 Å². The molecule has 2 aliphatic rings. The topological polar surface area (TPSA) is 8.17 Å². The standard InChI is InChI=1S/C19H24N2/c1-4-8-21-12-14-10-18-16(9-13(2)11-20(18)3)15-6-5-7-17(21)19(14)15/h4-7,12-13,16,18H,1,8-11H2,2-3H3/t13-,16+,18-/m0/s1. The highest BCUT2D eigenvalue weighted by Gasteiger charge is 2.38. The van der Waals surface area contributed by atoms with Crippen molar-refractivity contribution in [1.29, 1.82) is 0 Å². The van der Waals surface area contributed by atoms with Crippen LogP contribution in [0.2, 0.25) is 0 Å². The Balaban J connectivity index is 1.90. The molecule has 110 valence electrons. The van der Waals surface area contributed by atoms with Gasteiger partial charge < -0.3 is 9.47 Å². The van der Waals surface area contributed by atoms with Gasteiger partial charge >= 0.3 is 0 Å². The van der Waals surface area contributed by atoms with Crippen LogP contribution in [0.15, 0.2) is 37.1 Å². The van der Waals surface area contributed by atoms with Crippen LogP contribution in [0.25, 0.3) is 10.9 Å². The summed E-state index contributed by atoms with van der Waals surface area (Å²) >= 11 is 0. The Morgan fingerprint density at radius 1 is 1.38 bits per heavy atom. The Labute approximate surface area is 127 Å². The molecule has 0 saturated carbocycles. The second kappa shape index (κ2) is 4.74. The molecule has 0 amide bonds. The molecule has 0 radical (unpaired) electrons. The highest BCUT2D eigenvalue weighted by atomic mass is 15.1. The molecule has 0 unspecified atom stereocenters. The summed E-state index contributed by atoms with van der Waals surface area (Å²) in [5, 5.41) is 1.53. The Kier molecular flexibility index (Phi) is 2.97. The van der Waals surface area contributed by atoms with Gasteiger partial charge in [-0.05, 0) is 43.0 Å². The van der Waals surface area contributed by atoms with Crippen molar-refractivity contribution < 1.29 is 0 Å². The Hall–Kier alpha value is -1.54. The van der Waals surface area contributed by atoms with E-state index < -0.39 is 0 Å². The molecule has 21 heavy (non-hydrogen) atoms. The average Bonchev–Trinajstić information content (AvgIpc) is 2.81. The summed E-state index contributed by atoms with van der Waals surface area (Å²) in [5.41, 5.74) is 4.51. The molecule has 2 nitrogen and oxygen atoms in total. The van der Waals surface area contributed by atoms with Gasteiger partial charge in [-0.15, -0.1) is 6.58 Å². The monoisotopic (exact) mass is 280 g/mol. The number of benzene rings is 1. The SMILES string of the molecule is C=CCn1cc2c3c(cccc31)[C@H]1C[C@H](C)CN(C)[C@H]1C2. The van der Waals surface area contributed by atoms with Crippen molar-refractivity contribution in [3.8, 4) is 0 Å². The lowest BCUT2D eigenvalue weighted by Crippen LogP contribution is -2.47. The number of nitrogens with zero attached hydrogens (tertiary/aromatic N) is 2. The Bertz CT molecular complexity index is 697. The largest absolute Gasteiger partial charge is 0.343 e. The van der Waals surface area contributed by atoms with Crippen LogP contribution in [-0.2, 0) is 13.0 Å². The molecular weight excluding hydrogens is 256 g/mol. The molecule has 0 bridgehead atoms. The highest BCUT2D eigenvalue weighted by Crippen LogP contribution is 2.44. The minimum atomic E-state index is 0.680. The minimum absolute atomic E-state index is 0.680. The zero-order chi connectivity index (χ0) is 14.6. The molecule has 0 spiro atoms. The van der Waals surface area contributed by atoms with Gasteiger partial charge in [0.25, 0.3) is 0 Å². The van der Waals surface area contributed by atoms with Gasteiger partial charge in [0.1, 0.15) is 0 Å². The molecule has 2 heteroatoms. The molecular formula is C19H24N2. The summed E-state index contributed by atoms with van der Waals surface area (Å²) in [7, 11) is 2.30. The van der Waals surface area contributed by atoms with Gasteiger partial charge in [0.05, 0.1) is 0 Å². The second-order valence-electron chi connectivity index (χ2n) is 7.00. The molecule has 2 heterocycles. The van der Waals surface area contributed by atoms with Crippen molar-refractivity contribution in [3.63, 3.8) is 0 Å². The molecule has 1 aliphatic heterocycles. The number of likely N-dealkylation sites (tertiary alicyclic amines) is 1. The van der Waals surface area contributed by atoms with E-state index in [9.17, 15) is 0 Å². The van der Waals surface area contributed by atoms with Crippen molar-refractivity contribution in [1.82, 2.24) is 9.47 Å². The maximum atomic E-state index is 3.90. The van der Waals surface area contributed by atoms with Crippen molar-refractivity contribution in [2.75, 3.05) is 13.6 Å². The number of likely N-dealkylation sites (N-methyl/N-ethyl adjacent to an activating group) is 1. The van der Waals surface area contributed by atoms with Gasteiger partial charge in [-0.3, -0.25) is 0 Å². The molecule has 1 aromatic carbocycles. The molecule has 3 atom stereocenters. The normalized spacial score (nSPS) is 28.6. The van der Waals surface area contributed by atoms with Crippen molar-refractivity contribution in [2.45, 2.75) is 38.3 Å². The van der Waals surface area contributed by atoms with Crippen LogP contribution in [0.3, 0.4) is 0 Å².